The molecule has 0 heterocycles. The Morgan fingerprint density at radius 2 is 1.62 bits per heavy atom. The quantitative estimate of drug-likeness (QED) is 0.605. The van der Waals surface area contributed by atoms with Crippen LogP contribution in [0.3, 0.4) is 0 Å². The second-order valence-electron chi connectivity index (χ2n) is 10.1. The lowest BCUT2D eigenvalue weighted by molar-refractivity contribution is -0.137. The first-order valence-corrected chi connectivity index (χ1v) is 12.9. The van der Waals surface area contributed by atoms with Crippen molar-refractivity contribution in [2.75, 3.05) is 0 Å². The smallest absolute Gasteiger partial charge is 0.352 e. The fourth-order valence-corrected chi connectivity index (χ4v) is 6.75. The summed E-state index contributed by atoms with van der Waals surface area (Å²) in [5.74, 6) is 0.923. The molecule has 0 radical (unpaired) electrons. The van der Waals surface area contributed by atoms with Crippen LogP contribution < -0.4 is 10.0 Å². The Bertz CT molecular complexity index is 901. The first kappa shape index (κ1) is 25.0. The van der Waals surface area contributed by atoms with Crippen molar-refractivity contribution in [3.8, 4) is 0 Å². The molecule has 32 heavy (non-hydrogen) atoms. The van der Waals surface area contributed by atoms with E-state index in [0.29, 0.717) is 5.92 Å². The normalized spacial score (nSPS) is 25.2. The molecule has 0 aliphatic heterocycles. The largest absolute Gasteiger partial charge is 0.416 e. The fourth-order valence-electron chi connectivity index (χ4n) is 5.18. The Hall–Kier alpha value is -1.61. The average Bonchev–Trinajstić information content (AvgIpc) is 2.66. The maximum Gasteiger partial charge on any atom is 0.416 e. The molecule has 1 amide bonds. The molecule has 3 rings (SSSR count). The van der Waals surface area contributed by atoms with Gasteiger partial charge in [0.15, 0.2) is 0 Å². The Morgan fingerprint density at radius 3 is 2.16 bits per heavy atom. The number of amides is 1. The van der Waals surface area contributed by atoms with Crippen LogP contribution in [-0.2, 0) is 26.7 Å². The number of benzene rings is 1. The molecule has 0 spiro atoms. The van der Waals surface area contributed by atoms with Crippen molar-refractivity contribution in [2.45, 2.75) is 82.8 Å². The topological polar surface area (TPSA) is 75.3 Å². The minimum absolute atomic E-state index is 0.0513. The molecule has 9 heteroatoms. The zero-order valence-corrected chi connectivity index (χ0v) is 19.7. The van der Waals surface area contributed by atoms with Gasteiger partial charge in [0.25, 0.3) is 0 Å². The van der Waals surface area contributed by atoms with E-state index in [1.54, 1.807) is 0 Å². The Labute approximate surface area is 188 Å². The number of rotatable bonds is 7. The highest BCUT2D eigenvalue weighted by Gasteiger charge is 2.38. The fraction of sp³-hybridized carbons (Fsp3) is 0.696. The Kier molecular flexibility index (Phi) is 7.29. The monoisotopic (exact) mass is 474 g/mol. The Balaban J connectivity index is 1.58. The first-order chi connectivity index (χ1) is 14.7. The van der Waals surface area contributed by atoms with Gasteiger partial charge in [-0.25, -0.2) is 8.42 Å². The van der Waals surface area contributed by atoms with Gasteiger partial charge in [-0.3, -0.25) is 4.79 Å². The number of carbonyl (C=O) groups is 1. The van der Waals surface area contributed by atoms with Gasteiger partial charge in [-0.15, -0.1) is 0 Å². The summed E-state index contributed by atoms with van der Waals surface area (Å²) < 4.78 is 65.7. The third kappa shape index (κ3) is 6.47. The molecule has 2 aliphatic carbocycles. The van der Waals surface area contributed by atoms with Gasteiger partial charge in [0.1, 0.15) is 5.54 Å². The number of hydrogen-bond donors (Lipinski definition) is 2. The number of carbonyl (C=O) groups excluding carboxylic acids is 1. The number of sulfonamides is 1. The standard InChI is InChI=1S/C23H33F3N2O3S/c1-15(19-12-17-5-4-6-18(11-17)13-19)27-21(29)22(2,3)28-32(30,31)14-16-7-9-20(10-8-16)23(24,25)26/h7-10,15,17-19,28H,4-6,11-14H2,1-3H3,(H,27,29). The minimum atomic E-state index is -4.48. The molecule has 5 nitrogen and oxygen atoms in total. The van der Waals surface area contributed by atoms with E-state index in [1.807, 2.05) is 6.92 Å². The van der Waals surface area contributed by atoms with Crippen LogP contribution in [0.2, 0.25) is 0 Å². The predicted octanol–water partition coefficient (Wildman–Crippen LogP) is 4.62. The minimum Gasteiger partial charge on any atom is -0.352 e. The first-order valence-electron chi connectivity index (χ1n) is 11.2. The zero-order chi connectivity index (χ0) is 23.7. The van der Waals surface area contributed by atoms with Crippen LogP contribution in [0.25, 0.3) is 0 Å². The summed E-state index contributed by atoms with van der Waals surface area (Å²) >= 11 is 0. The molecule has 2 N–H and O–H groups in total. The Morgan fingerprint density at radius 1 is 1.06 bits per heavy atom. The highest BCUT2D eigenvalue weighted by Crippen LogP contribution is 2.43. The van der Waals surface area contributed by atoms with Crippen molar-refractivity contribution in [3.63, 3.8) is 0 Å². The number of hydrogen-bond acceptors (Lipinski definition) is 3. The van der Waals surface area contributed by atoms with Gasteiger partial charge in [0.2, 0.25) is 15.9 Å². The van der Waals surface area contributed by atoms with Crippen LogP contribution in [0.5, 0.6) is 0 Å². The summed E-state index contributed by atoms with van der Waals surface area (Å²) in [4.78, 5) is 12.9. The molecular formula is C23H33F3N2O3S. The molecule has 3 atom stereocenters. The van der Waals surface area contributed by atoms with Crippen LogP contribution in [0.15, 0.2) is 24.3 Å². The molecule has 0 aromatic heterocycles. The van der Waals surface area contributed by atoms with Crippen molar-refractivity contribution in [1.29, 1.82) is 0 Å². The zero-order valence-electron chi connectivity index (χ0n) is 18.8. The van der Waals surface area contributed by atoms with Gasteiger partial charge < -0.3 is 5.32 Å². The van der Waals surface area contributed by atoms with Gasteiger partial charge in [-0.2, -0.15) is 17.9 Å². The van der Waals surface area contributed by atoms with Gasteiger partial charge >= 0.3 is 6.18 Å². The molecule has 2 bridgehead atoms. The molecule has 2 aliphatic rings. The summed E-state index contributed by atoms with van der Waals surface area (Å²) in [7, 11) is -3.95. The molecule has 2 fully saturated rings. The van der Waals surface area contributed by atoms with E-state index in [1.165, 1.54) is 39.5 Å². The predicted molar refractivity (Wildman–Crippen MR) is 117 cm³/mol. The molecule has 1 aromatic carbocycles. The summed E-state index contributed by atoms with van der Waals surface area (Å²) in [5, 5.41) is 3.00. The van der Waals surface area contributed by atoms with Crippen molar-refractivity contribution in [1.82, 2.24) is 10.0 Å². The molecule has 1 aromatic rings. The van der Waals surface area contributed by atoms with Crippen LogP contribution in [0, 0.1) is 17.8 Å². The van der Waals surface area contributed by atoms with E-state index in [4.69, 9.17) is 0 Å². The van der Waals surface area contributed by atoms with E-state index in [0.717, 1.165) is 48.9 Å². The molecule has 0 saturated heterocycles. The van der Waals surface area contributed by atoms with Crippen molar-refractivity contribution >= 4 is 15.9 Å². The van der Waals surface area contributed by atoms with Crippen LogP contribution in [-0.4, -0.2) is 25.9 Å². The number of nitrogens with one attached hydrogen (secondary N) is 2. The third-order valence-corrected chi connectivity index (χ3v) is 8.38. The van der Waals surface area contributed by atoms with Crippen LogP contribution >= 0.6 is 0 Å². The summed E-state index contributed by atoms with van der Waals surface area (Å²) in [5.41, 5.74) is -2.01. The van der Waals surface area contributed by atoms with Crippen molar-refractivity contribution < 1.29 is 26.4 Å². The maximum absolute atomic E-state index is 12.9. The summed E-state index contributed by atoms with van der Waals surface area (Å²) in [6.07, 6.45) is 2.79. The maximum atomic E-state index is 12.9. The lowest BCUT2D eigenvalue weighted by atomic mass is 9.66. The van der Waals surface area contributed by atoms with E-state index in [-0.39, 0.29) is 11.6 Å². The third-order valence-electron chi connectivity index (χ3n) is 6.85. The lowest BCUT2D eigenvalue weighted by Crippen LogP contribution is -2.57. The second-order valence-corrected chi connectivity index (χ2v) is 11.8. The van der Waals surface area contributed by atoms with Gasteiger partial charge in [-0.05, 0) is 75.5 Å². The SMILES string of the molecule is CC(NC(=O)C(C)(C)NS(=O)(=O)Cc1ccc(C(F)(F)F)cc1)C1CC2CCCC(C2)C1. The number of alkyl halides is 3. The molecular weight excluding hydrogens is 441 g/mol. The van der Waals surface area contributed by atoms with Crippen LogP contribution in [0.4, 0.5) is 13.2 Å². The highest BCUT2D eigenvalue weighted by atomic mass is 32.2. The molecule has 3 unspecified atom stereocenters. The van der Waals surface area contributed by atoms with Crippen molar-refractivity contribution in [2.24, 2.45) is 17.8 Å². The highest BCUT2D eigenvalue weighted by molar-refractivity contribution is 7.88. The van der Waals surface area contributed by atoms with E-state index in [2.05, 4.69) is 10.0 Å². The summed E-state index contributed by atoms with van der Waals surface area (Å²) in [6, 6.07) is 3.92. The average molecular weight is 475 g/mol. The van der Waals surface area contributed by atoms with E-state index in [9.17, 15) is 26.4 Å². The summed E-state index contributed by atoms with van der Waals surface area (Å²) in [6.45, 7) is 4.97. The number of fused-ring (bicyclic) bond motifs is 2. The molecule has 2 saturated carbocycles. The van der Waals surface area contributed by atoms with E-state index >= 15 is 0 Å². The van der Waals surface area contributed by atoms with E-state index < -0.39 is 39.0 Å². The van der Waals surface area contributed by atoms with Crippen molar-refractivity contribution in [3.05, 3.63) is 35.4 Å². The second kappa shape index (κ2) is 9.33. The van der Waals surface area contributed by atoms with Crippen LogP contribution in [0.1, 0.15) is 70.4 Å². The number of halogens is 3. The molecule has 180 valence electrons. The van der Waals surface area contributed by atoms with Gasteiger partial charge in [0, 0.05) is 6.04 Å². The van der Waals surface area contributed by atoms with Gasteiger partial charge in [0.05, 0.1) is 11.3 Å². The van der Waals surface area contributed by atoms with Gasteiger partial charge in [-0.1, -0.05) is 31.4 Å². The lowest BCUT2D eigenvalue weighted by Gasteiger charge is -2.42.